The van der Waals surface area contributed by atoms with E-state index in [9.17, 15) is 4.79 Å². The van der Waals surface area contributed by atoms with E-state index in [0.717, 1.165) is 25.9 Å². The minimum atomic E-state index is -0.102. The predicted molar refractivity (Wildman–Crippen MR) is 77.8 cm³/mol. The molecule has 2 N–H and O–H groups in total. The Hall–Kier alpha value is -2.21. The summed E-state index contributed by atoms with van der Waals surface area (Å²) in [6.45, 7) is 3.58. The lowest BCUT2D eigenvalue weighted by Crippen LogP contribution is -2.45. The van der Waals surface area contributed by atoms with Gasteiger partial charge >= 0.3 is 0 Å². The van der Waals surface area contributed by atoms with Crippen molar-refractivity contribution in [2.24, 2.45) is 0 Å². The lowest BCUT2D eigenvalue weighted by molar-refractivity contribution is 0.0931. The molecule has 110 valence electrons. The van der Waals surface area contributed by atoms with E-state index in [1.165, 1.54) is 0 Å². The van der Waals surface area contributed by atoms with Gasteiger partial charge in [-0.25, -0.2) is 0 Å². The van der Waals surface area contributed by atoms with Crippen LogP contribution in [0.2, 0.25) is 0 Å². The molecular formula is C15H18N4O2. The lowest BCUT2D eigenvalue weighted by atomic mass is 10.0. The summed E-state index contributed by atoms with van der Waals surface area (Å²) in [5.41, 5.74) is 1.23. The number of carbonyl (C=O) groups excluding carboxylic acids is 1. The van der Waals surface area contributed by atoms with Gasteiger partial charge in [-0.2, -0.15) is 4.98 Å². The third kappa shape index (κ3) is 3.11. The van der Waals surface area contributed by atoms with Crippen LogP contribution in [0.15, 0.2) is 28.8 Å². The molecule has 6 nitrogen and oxygen atoms in total. The van der Waals surface area contributed by atoms with Gasteiger partial charge in [0.1, 0.15) is 0 Å². The molecule has 0 radical (unpaired) electrons. The summed E-state index contributed by atoms with van der Waals surface area (Å²) in [5.74, 6) is 0.826. The van der Waals surface area contributed by atoms with Crippen LogP contribution in [0, 0.1) is 6.92 Å². The molecule has 0 spiro atoms. The highest BCUT2D eigenvalue weighted by atomic mass is 16.5. The number of hydrogen-bond donors (Lipinski definition) is 2. The van der Waals surface area contributed by atoms with Gasteiger partial charge in [-0.15, -0.1) is 0 Å². The summed E-state index contributed by atoms with van der Waals surface area (Å²) in [6.07, 6.45) is 2.08. The van der Waals surface area contributed by atoms with Crippen molar-refractivity contribution in [1.82, 2.24) is 20.8 Å². The maximum atomic E-state index is 12.5. The molecule has 0 bridgehead atoms. The fourth-order valence-electron chi connectivity index (χ4n) is 2.51. The highest BCUT2D eigenvalue weighted by molar-refractivity contribution is 6.00. The van der Waals surface area contributed by atoms with Gasteiger partial charge in [0.2, 0.25) is 0 Å². The smallest absolute Gasteiger partial charge is 0.258 e. The Kier molecular flexibility index (Phi) is 3.96. The Morgan fingerprint density at radius 3 is 3.00 bits per heavy atom. The van der Waals surface area contributed by atoms with Gasteiger partial charge in [0.15, 0.2) is 5.82 Å². The van der Waals surface area contributed by atoms with E-state index in [1.54, 1.807) is 13.0 Å². The van der Waals surface area contributed by atoms with Crippen molar-refractivity contribution in [1.29, 1.82) is 0 Å². The molecule has 2 heterocycles. The number of aromatic nitrogens is 2. The largest absolute Gasteiger partial charge is 0.348 e. The first-order valence-electron chi connectivity index (χ1n) is 7.15. The van der Waals surface area contributed by atoms with Crippen LogP contribution in [0.25, 0.3) is 11.5 Å². The van der Waals surface area contributed by atoms with Crippen LogP contribution in [-0.4, -0.2) is 35.2 Å². The van der Waals surface area contributed by atoms with Gasteiger partial charge in [-0.05, 0) is 38.4 Å². The minimum Gasteiger partial charge on any atom is -0.348 e. The van der Waals surface area contributed by atoms with Gasteiger partial charge < -0.3 is 15.2 Å². The average Bonchev–Trinajstić information content (AvgIpc) is 2.95. The Morgan fingerprint density at radius 1 is 1.43 bits per heavy atom. The molecule has 1 aromatic heterocycles. The Labute approximate surface area is 122 Å². The third-order valence-electron chi connectivity index (χ3n) is 3.56. The van der Waals surface area contributed by atoms with Crippen molar-refractivity contribution in [2.45, 2.75) is 25.8 Å². The van der Waals surface area contributed by atoms with E-state index < -0.39 is 0 Å². The summed E-state index contributed by atoms with van der Waals surface area (Å²) < 4.78 is 5.18. The molecule has 1 aliphatic heterocycles. The van der Waals surface area contributed by atoms with Gasteiger partial charge in [-0.3, -0.25) is 4.79 Å². The fraction of sp³-hybridized carbons (Fsp3) is 0.400. The highest BCUT2D eigenvalue weighted by Crippen LogP contribution is 2.22. The molecule has 3 rings (SSSR count). The molecule has 1 fully saturated rings. The van der Waals surface area contributed by atoms with Crippen LogP contribution in [0.3, 0.4) is 0 Å². The van der Waals surface area contributed by atoms with Crippen molar-refractivity contribution >= 4 is 5.91 Å². The van der Waals surface area contributed by atoms with Gasteiger partial charge in [0, 0.05) is 12.6 Å². The van der Waals surface area contributed by atoms with E-state index in [-0.39, 0.29) is 11.9 Å². The summed E-state index contributed by atoms with van der Waals surface area (Å²) >= 11 is 0. The zero-order valence-corrected chi connectivity index (χ0v) is 11.9. The topological polar surface area (TPSA) is 80.0 Å². The number of benzene rings is 1. The van der Waals surface area contributed by atoms with E-state index in [1.807, 2.05) is 18.2 Å². The van der Waals surface area contributed by atoms with Crippen molar-refractivity contribution in [3.05, 3.63) is 35.7 Å². The second-order valence-electron chi connectivity index (χ2n) is 5.21. The molecule has 0 saturated carbocycles. The maximum absolute atomic E-state index is 12.5. The molecular weight excluding hydrogens is 268 g/mol. The van der Waals surface area contributed by atoms with E-state index in [2.05, 4.69) is 20.8 Å². The first-order chi connectivity index (χ1) is 10.2. The molecule has 0 aliphatic carbocycles. The van der Waals surface area contributed by atoms with Crippen molar-refractivity contribution in [2.75, 3.05) is 13.1 Å². The van der Waals surface area contributed by atoms with Crippen LogP contribution in [0.5, 0.6) is 0 Å². The number of aryl methyl sites for hydroxylation is 1. The van der Waals surface area contributed by atoms with E-state index >= 15 is 0 Å². The molecule has 1 amide bonds. The first-order valence-corrected chi connectivity index (χ1v) is 7.15. The van der Waals surface area contributed by atoms with Crippen molar-refractivity contribution in [3.63, 3.8) is 0 Å². The molecule has 1 atom stereocenters. The second kappa shape index (κ2) is 6.05. The van der Waals surface area contributed by atoms with Crippen LogP contribution in [0.1, 0.15) is 29.0 Å². The molecule has 21 heavy (non-hydrogen) atoms. The normalized spacial score (nSPS) is 18.4. The van der Waals surface area contributed by atoms with Crippen molar-refractivity contribution in [3.8, 4) is 11.5 Å². The van der Waals surface area contributed by atoms with Gasteiger partial charge in [-0.1, -0.05) is 17.3 Å². The van der Waals surface area contributed by atoms with E-state index in [0.29, 0.717) is 22.8 Å². The second-order valence-corrected chi connectivity index (χ2v) is 5.21. The van der Waals surface area contributed by atoms with Crippen LogP contribution in [-0.2, 0) is 0 Å². The molecule has 6 heteroatoms. The molecule has 1 aromatic carbocycles. The third-order valence-corrected chi connectivity index (χ3v) is 3.56. The summed E-state index contributed by atoms with van der Waals surface area (Å²) in [6, 6.07) is 7.46. The lowest BCUT2D eigenvalue weighted by Gasteiger charge is -2.24. The number of rotatable bonds is 3. The van der Waals surface area contributed by atoms with E-state index in [4.69, 9.17) is 4.52 Å². The van der Waals surface area contributed by atoms with Crippen molar-refractivity contribution < 1.29 is 9.32 Å². The number of hydrogen-bond acceptors (Lipinski definition) is 5. The van der Waals surface area contributed by atoms with Crippen LogP contribution >= 0.6 is 0 Å². The number of carbonyl (C=O) groups is 1. The fourth-order valence-corrected chi connectivity index (χ4v) is 2.51. The molecule has 2 aromatic rings. The van der Waals surface area contributed by atoms with Gasteiger partial charge in [0.05, 0.1) is 11.1 Å². The monoisotopic (exact) mass is 286 g/mol. The summed E-state index contributed by atoms with van der Waals surface area (Å²) in [5, 5.41) is 10.1. The quantitative estimate of drug-likeness (QED) is 0.894. The van der Waals surface area contributed by atoms with Gasteiger partial charge in [0.25, 0.3) is 11.8 Å². The zero-order chi connectivity index (χ0) is 14.7. The Morgan fingerprint density at radius 2 is 2.29 bits per heavy atom. The number of nitrogens with zero attached hydrogens (tertiary/aromatic N) is 2. The number of nitrogens with one attached hydrogen (secondary N) is 2. The summed E-state index contributed by atoms with van der Waals surface area (Å²) in [4.78, 5) is 16.7. The zero-order valence-electron chi connectivity index (χ0n) is 11.9. The predicted octanol–water partition coefficient (Wildman–Crippen LogP) is 1.53. The first kappa shape index (κ1) is 13.8. The van der Waals surface area contributed by atoms with Crippen LogP contribution in [0.4, 0.5) is 0 Å². The molecule has 0 unspecified atom stereocenters. The average molecular weight is 286 g/mol. The molecule has 1 saturated heterocycles. The minimum absolute atomic E-state index is 0.102. The summed E-state index contributed by atoms with van der Waals surface area (Å²) in [7, 11) is 0. The van der Waals surface area contributed by atoms with Crippen LogP contribution < -0.4 is 10.6 Å². The highest BCUT2D eigenvalue weighted by Gasteiger charge is 2.20. The molecule has 1 aliphatic rings. The number of amides is 1. The Bertz CT molecular complexity index is 632. The maximum Gasteiger partial charge on any atom is 0.258 e. The Balaban J connectivity index is 1.82. The number of piperidine rings is 1. The standard InChI is InChI=1S/C15H18N4O2/c1-10-17-15(21-19-10)13-7-3-2-6-12(13)14(20)18-11-5-4-8-16-9-11/h2-3,6-7,11,16H,4-5,8-9H2,1H3,(H,18,20)/t11-/m0/s1. The SMILES string of the molecule is Cc1noc(-c2ccccc2C(=O)N[C@H]2CCCNC2)n1.